The quantitative estimate of drug-likeness (QED) is 0.749. The lowest BCUT2D eigenvalue weighted by Gasteiger charge is -2.45. The zero-order valence-electron chi connectivity index (χ0n) is 12.9. The molecule has 2 heteroatoms. The highest BCUT2D eigenvalue weighted by molar-refractivity contribution is 4.97. The van der Waals surface area contributed by atoms with E-state index in [0.29, 0.717) is 5.92 Å². The van der Waals surface area contributed by atoms with E-state index in [2.05, 4.69) is 11.0 Å². The fourth-order valence-electron chi connectivity index (χ4n) is 5.00. The van der Waals surface area contributed by atoms with Crippen LogP contribution in [-0.2, 0) is 0 Å². The zero-order valence-corrected chi connectivity index (χ0v) is 12.9. The average molecular weight is 274 g/mol. The fraction of sp³-hybridized carbons (Fsp3) is 0.944. The molecule has 20 heavy (non-hydrogen) atoms. The van der Waals surface area contributed by atoms with Crippen LogP contribution in [0.1, 0.15) is 83.5 Å². The Kier molecular flexibility index (Phi) is 4.99. The number of rotatable bonds is 3. The average Bonchev–Trinajstić information content (AvgIpc) is 2.98. The van der Waals surface area contributed by atoms with Gasteiger partial charge in [0.15, 0.2) is 0 Å². The van der Waals surface area contributed by atoms with Crippen molar-refractivity contribution in [2.75, 3.05) is 0 Å². The normalized spacial score (nSPS) is 33.4. The molecule has 112 valence electrons. The first kappa shape index (κ1) is 14.4. The molecule has 0 bridgehead atoms. The van der Waals surface area contributed by atoms with E-state index >= 15 is 0 Å². The molecular weight excluding hydrogens is 244 g/mol. The van der Waals surface area contributed by atoms with Gasteiger partial charge in [-0.1, -0.05) is 38.5 Å². The van der Waals surface area contributed by atoms with Gasteiger partial charge in [0.1, 0.15) is 0 Å². The molecule has 2 atom stereocenters. The van der Waals surface area contributed by atoms with Gasteiger partial charge in [0.05, 0.1) is 6.07 Å². The minimum Gasteiger partial charge on any atom is -0.294 e. The van der Waals surface area contributed by atoms with Crippen LogP contribution < -0.4 is 0 Å². The Morgan fingerprint density at radius 3 is 1.65 bits per heavy atom. The highest BCUT2D eigenvalue weighted by Crippen LogP contribution is 2.38. The SMILES string of the molecule is N#CC1CCC(N(C2CCCCC2)C2CCCCC2)C1. The molecule has 0 saturated heterocycles. The first-order valence-electron chi connectivity index (χ1n) is 9.05. The second-order valence-corrected chi connectivity index (χ2v) is 7.32. The molecule has 3 aliphatic rings. The van der Waals surface area contributed by atoms with Gasteiger partial charge in [0.2, 0.25) is 0 Å². The van der Waals surface area contributed by atoms with Crippen LogP contribution in [0.25, 0.3) is 0 Å². The summed E-state index contributed by atoms with van der Waals surface area (Å²) in [6.07, 6.45) is 17.9. The standard InChI is InChI=1S/C18H30N2/c19-14-15-11-12-18(13-15)20(16-7-3-1-4-8-16)17-9-5-2-6-10-17/h15-18H,1-13H2. The summed E-state index contributed by atoms with van der Waals surface area (Å²) in [6.45, 7) is 0. The van der Waals surface area contributed by atoms with Crippen molar-refractivity contribution in [3.8, 4) is 6.07 Å². The van der Waals surface area contributed by atoms with Gasteiger partial charge >= 0.3 is 0 Å². The lowest BCUT2D eigenvalue weighted by Crippen LogP contribution is -2.50. The van der Waals surface area contributed by atoms with Crippen LogP contribution >= 0.6 is 0 Å². The highest BCUT2D eigenvalue weighted by atomic mass is 15.2. The van der Waals surface area contributed by atoms with Crippen LogP contribution in [0.15, 0.2) is 0 Å². The molecule has 2 nitrogen and oxygen atoms in total. The third-order valence-electron chi connectivity index (χ3n) is 6.00. The minimum absolute atomic E-state index is 0.342. The largest absolute Gasteiger partial charge is 0.294 e. The monoisotopic (exact) mass is 274 g/mol. The Hall–Kier alpha value is -0.550. The van der Waals surface area contributed by atoms with Crippen LogP contribution in [-0.4, -0.2) is 23.0 Å². The Bertz CT molecular complexity index is 316. The van der Waals surface area contributed by atoms with E-state index in [9.17, 15) is 5.26 Å². The first-order chi connectivity index (χ1) is 9.88. The maximum atomic E-state index is 9.22. The number of nitrogens with zero attached hydrogens (tertiary/aromatic N) is 2. The van der Waals surface area contributed by atoms with E-state index in [1.54, 1.807) is 0 Å². The molecule has 0 aromatic rings. The van der Waals surface area contributed by atoms with Crippen LogP contribution in [0.3, 0.4) is 0 Å². The van der Waals surface area contributed by atoms with Crippen LogP contribution in [0.5, 0.6) is 0 Å². The fourth-order valence-corrected chi connectivity index (χ4v) is 5.00. The van der Waals surface area contributed by atoms with E-state index in [4.69, 9.17) is 0 Å². The molecule has 0 amide bonds. The highest BCUT2D eigenvalue weighted by Gasteiger charge is 2.37. The van der Waals surface area contributed by atoms with Gasteiger partial charge in [-0.15, -0.1) is 0 Å². The molecule has 3 rings (SSSR count). The molecule has 0 radical (unpaired) electrons. The molecule has 3 saturated carbocycles. The maximum absolute atomic E-state index is 9.22. The van der Waals surface area contributed by atoms with Crippen molar-refractivity contribution in [3.63, 3.8) is 0 Å². The van der Waals surface area contributed by atoms with Crippen molar-refractivity contribution in [2.45, 2.75) is 102 Å². The summed E-state index contributed by atoms with van der Waals surface area (Å²) < 4.78 is 0. The maximum Gasteiger partial charge on any atom is 0.0656 e. The van der Waals surface area contributed by atoms with E-state index in [1.807, 2.05) is 0 Å². The zero-order chi connectivity index (χ0) is 13.8. The molecular formula is C18H30N2. The summed E-state index contributed by atoms with van der Waals surface area (Å²) in [5.74, 6) is 0.342. The van der Waals surface area contributed by atoms with Crippen molar-refractivity contribution in [2.24, 2.45) is 5.92 Å². The minimum atomic E-state index is 0.342. The molecule has 0 aliphatic heterocycles. The topological polar surface area (TPSA) is 27.0 Å². The van der Waals surface area contributed by atoms with Gasteiger partial charge in [0, 0.05) is 24.0 Å². The van der Waals surface area contributed by atoms with Crippen molar-refractivity contribution in [1.82, 2.24) is 4.90 Å². The molecule has 0 N–H and O–H groups in total. The van der Waals surface area contributed by atoms with Gasteiger partial charge in [-0.2, -0.15) is 5.26 Å². The van der Waals surface area contributed by atoms with E-state index in [-0.39, 0.29) is 0 Å². The summed E-state index contributed by atoms with van der Waals surface area (Å²) in [7, 11) is 0. The summed E-state index contributed by atoms with van der Waals surface area (Å²) in [6, 6.07) is 4.94. The summed E-state index contributed by atoms with van der Waals surface area (Å²) in [4.78, 5) is 2.94. The third kappa shape index (κ3) is 3.19. The summed E-state index contributed by atoms with van der Waals surface area (Å²) >= 11 is 0. The van der Waals surface area contributed by atoms with Gasteiger partial charge in [-0.25, -0.2) is 0 Å². The molecule has 0 aromatic heterocycles. The van der Waals surface area contributed by atoms with E-state index in [0.717, 1.165) is 31.0 Å². The molecule has 0 spiro atoms. The van der Waals surface area contributed by atoms with Gasteiger partial charge in [0.25, 0.3) is 0 Å². The second-order valence-electron chi connectivity index (χ2n) is 7.32. The predicted octanol–water partition coefficient (Wildman–Crippen LogP) is 4.65. The predicted molar refractivity (Wildman–Crippen MR) is 82.3 cm³/mol. The van der Waals surface area contributed by atoms with Gasteiger partial charge < -0.3 is 0 Å². The molecule has 3 aliphatic carbocycles. The second kappa shape index (κ2) is 6.94. The van der Waals surface area contributed by atoms with E-state index in [1.165, 1.54) is 70.6 Å². The Balaban J connectivity index is 1.70. The van der Waals surface area contributed by atoms with Gasteiger partial charge in [-0.3, -0.25) is 4.90 Å². The van der Waals surface area contributed by atoms with E-state index < -0.39 is 0 Å². The Labute approximate surface area is 124 Å². The lowest BCUT2D eigenvalue weighted by molar-refractivity contribution is 0.0389. The van der Waals surface area contributed by atoms with Gasteiger partial charge in [-0.05, 0) is 44.9 Å². The number of nitriles is 1. The van der Waals surface area contributed by atoms with Crippen molar-refractivity contribution < 1.29 is 0 Å². The van der Waals surface area contributed by atoms with Crippen molar-refractivity contribution in [1.29, 1.82) is 5.26 Å². The smallest absolute Gasteiger partial charge is 0.0656 e. The van der Waals surface area contributed by atoms with Crippen molar-refractivity contribution in [3.05, 3.63) is 0 Å². The van der Waals surface area contributed by atoms with Crippen LogP contribution in [0.4, 0.5) is 0 Å². The summed E-state index contributed by atoms with van der Waals surface area (Å²) in [5.41, 5.74) is 0. The third-order valence-corrected chi connectivity index (χ3v) is 6.00. The number of hydrogen-bond acceptors (Lipinski definition) is 2. The van der Waals surface area contributed by atoms with Crippen LogP contribution in [0.2, 0.25) is 0 Å². The van der Waals surface area contributed by atoms with Crippen molar-refractivity contribution >= 4 is 0 Å². The molecule has 3 fully saturated rings. The first-order valence-corrected chi connectivity index (χ1v) is 9.05. The molecule has 0 heterocycles. The Morgan fingerprint density at radius 1 is 0.650 bits per heavy atom. The Morgan fingerprint density at radius 2 is 1.20 bits per heavy atom. The molecule has 0 aromatic carbocycles. The number of hydrogen-bond donors (Lipinski definition) is 0. The van der Waals surface area contributed by atoms with Crippen LogP contribution in [0, 0.1) is 17.2 Å². The summed E-state index contributed by atoms with van der Waals surface area (Å²) in [5, 5.41) is 9.22. The molecule has 2 unspecified atom stereocenters. The lowest BCUT2D eigenvalue weighted by atomic mass is 9.87.